The van der Waals surface area contributed by atoms with Crippen LogP contribution in [0.5, 0.6) is 0 Å². The molecule has 106 valence electrons. The molecule has 0 spiro atoms. The molecule has 3 aliphatic rings. The van der Waals surface area contributed by atoms with Crippen LogP contribution in [0.15, 0.2) is 0 Å². The minimum absolute atomic E-state index is 0.245. The van der Waals surface area contributed by atoms with Crippen molar-refractivity contribution in [2.45, 2.75) is 44.6 Å². The molecule has 5 nitrogen and oxygen atoms in total. The Bertz CT molecular complexity index is 572. The molecule has 3 atom stereocenters. The molecule has 20 heavy (non-hydrogen) atoms. The molecule has 1 aromatic rings. The number of aromatic nitrogens is 2. The van der Waals surface area contributed by atoms with Crippen LogP contribution < -0.4 is 5.32 Å². The Kier molecular flexibility index (Phi) is 2.77. The zero-order valence-electron chi connectivity index (χ0n) is 11.4. The highest BCUT2D eigenvalue weighted by Crippen LogP contribution is 2.52. The second kappa shape index (κ2) is 4.52. The van der Waals surface area contributed by atoms with Gasteiger partial charge >= 0.3 is 5.97 Å². The van der Waals surface area contributed by atoms with Crippen LogP contribution in [0.3, 0.4) is 0 Å². The first-order chi connectivity index (χ1) is 9.72. The van der Waals surface area contributed by atoms with E-state index in [0.29, 0.717) is 24.8 Å². The Balaban J connectivity index is 1.77. The molecule has 2 fully saturated rings. The standard InChI is InChI=1S/C15H19N3O2/c19-15(20)13-10-3-4-16-7-12(10)17-14(18-13)11-6-8-1-2-9(11)5-8/h8-9,11,16H,1-7H2,(H,19,20). The van der Waals surface area contributed by atoms with Crippen LogP contribution in [0.1, 0.15) is 59.2 Å². The Morgan fingerprint density at radius 2 is 2.15 bits per heavy atom. The average molecular weight is 273 g/mol. The van der Waals surface area contributed by atoms with Gasteiger partial charge < -0.3 is 10.4 Å². The van der Waals surface area contributed by atoms with Gasteiger partial charge in [0, 0.05) is 18.0 Å². The van der Waals surface area contributed by atoms with Crippen LogP contribution in [0.25, 0.3) is 0 Å². The van der Waals surface area contributed by atoms with Gasteiger partial charge in [-0.3, -0.25) is 0 Å². The van der Waals surface area contributed by atoms with Crippen LogP contribution in [0.4, 0.5) is 0 Å². The number of nitrogens with zero attached hydrogens (tertiary/aromatic N) is 2. The van der Waals surface area contributed by atoms with Gasteiger partial charge in [-0.1, -0.05) is 6.42 Å². The van der Waals surface area contributed by atoms with Crippen LogP contribution in [-0.4, -0.2) is 27.6 Å². The van der Waals surface area contributed by atoms with Crippen molar-refractivity contribution in [2.24, 2.45) is 11.8 Å². The number of carbonyl (C=O) groups is 1. The summed E-state index contributed by atoms with van der Waals surface area (Å²) in [5.41, 5.74) is 1.99. The largest absolute Gasteiger partial charge is 0.477 e. The number of hydrogen-bond donors (Lipinski definition) is 2. The number of hydrogen-bond acceptors (Lipinski definition) is 4. The van der Waals surface area contributed by atoms with Gasteiger partial charge in [0.25, 0.3) is 0 Å². The number of aromatic carboxylic acids is 1. The topological polar surface area (TPSA) is 75.1 Å². The minimum Gasteiger partial charge on any atom is -0.477 e. The molecule has 2 bridgehead atoms. The molecule has 1 aliphatic heterocycles. The Morgan fingerprint density at radius 1 is 1.25 bits per heavy atom. The van der Waals surface area contributed by atoms with Crippen LogP contribution in [-0.2, 0) is 13.0 Å². The second-order valence-corrected chi connectivity index (χ2v) is 6.37. The number of rotatable bonds is 2. The third-order valence-corrected chi connectivity index (χ3v) is 5.23. The van der Waals surface area contributed by atoms with Crippen LogP contribution in [0.2, 0.25) is 0 Å². The quantitative estimate of drug-likeness (QED) is 0.858. The molecular formula is C15H19N3O2. The van der Waals surface area contributed by atoms with Crippen molar-refractivity contribution in [3.63, 3.8) is 0 Å². The van der Waals surface area contributed by atoms with Gasteiger partial charge in [0.1, 0.15) is 5.82 Å². The Labute approximate surface area is 117 Å². The molecule has 0 radical (unpaired) electrons. The summed E-state index contributed by atoms with van der Waals surface area (Å²) < 4.78 is 0. The fraction of sp³-hybridized carbons (Fsp3) is 0.667. The van der Waals surface area contributed by atoms with E-state index in [2.05, 4.69) is 10.3 Å². The van der Waals surface area contributed by atoms with Gasteiger partial charge in [-0.05, 0) is 44.1 Å². The summed E-state index contributed by atoms with van der Waals surface area (Å²) in [7, 11) is 0. The van der Waals surface area contributed by atoms with Crippen molar-refractivity contribution < 1.29 is 9.90 Å². The van der Waals surface area contributed by atoms with Crippen molar-refractivity contribution in [3.8, 4) is 0 Å². The fourth-order valence-corrected chi connectivity index (χ4v) is 4.28. The van der Waals surface area contributed by atoms with Crippen molar-refractivity contribution in [1.29, 1.82) is 0 Å². The van der Waals surface area contributed by atoms with Gasteiger partial charge in [-0.25, -0.2) is 14.8 Å². The predicted molar refractivity (Wildman–Crippen MR) is 72.6 cm³/mol. The average Bonchev–Trinajstić information content (AvgIpc) is 3.08. The lowest BCUT2D eigenvalue weighted by molar-refractivity contribution is 0.0687. The highest BCUT2D eigenvalue weighted by atomic mass is 16.4. The maximum Gasteiger partial charge on any atom is 0.354 e. The van der Waals surface area contributed by atoms with E-state index in [0.717, 1.165) is 36.0 Å². The van der Waals surface area contributed by atoms with E-state index in [1.165, 1.54) is 19.3 Å². The predicted octanol–water partition coefficient (Wildman–Crippen LogP) is 1.72. The summed E-state index contributed by atoms with van der Waals surface area (Å²) in [4.78, 5) is 20.7. The number of carboxylic acid groups (broad SMARTS) is 1. The molecule has 2 N–H and O–H groups in total. The molecule has 4 rings (SSSR count). The summed E-state index contributed by atoms with van der Waals surface area (Å²) in [5.74, 6) is 1.76. The fourth-order valence-electron chi connectivity index (χ4n) is 4.28. The van der Waals surface area contributed by atoms with E-state index >= 15 is 0 Å². The summed E-state index contributed by atoms with van der Waals surface area (Å²) in [6.45, 7) is 1.48. The Morgan fingerprint density at radius 3 is 2.85 bits per heavy atom. The third kappa shape index (κ3) is 1.84. The van der Waals surface area contributed by atoms with Gasteiger partial charge in [-0.2, -0.15) is 0 Å². The number of fused-ring (bicyclic) bond motifs is 3. The van der Waals surface area contributed by atoms with Crippen molar-refractivity contribution in [1.82, 2.24) is 15.3 Å². The van der Waals surface area contributed by atoms with Gasteiger partial charge in [0.2, 0.25) is 0 Å². The smallest absolute Gasteiger partial charge is 0.354 e. The van der Waals surface area contributed by atoms with Crippen molar-refractivity contribution >= 4 is 5.97 Å². The monoisotopic (exact) mass is 273 g/mol. The molecule has 2 saturated carbocycles. The SMILES string of the molecule is O=C(O)c1nc(C2CC3CCC2C3)nc2c1CCNC2. The van der Waals surface area contributed by atoms with Crippen LogP contribution in [0, 0.1) is 11.8 Å². The molecule has 5 heteroatoms. The van der Waals surface area contributed by atoms with E-state index in [-0.39, 0.29) is 5.69 Å². The first kappa shape index (κ1) is 12.3. The zero-order valence-corrected chi connectivity index (χ0v) is 11.4. The minimum atomic E-state index is -0.907. The van der Waals surface area contributed by atoms with Gasteiger partial charge in [0.15, 0.2) is 5.69 Å². The molecule has 0 amide bonds. The highest BCUT2D eigenvalue weighted by Gasteiger charge is 2.42. The molecular weight excluding hydrogens is 254 g/mol. The number of carboxylic acids is 1. The first-order valence-corrected chi connectivity index (χ1v) is 7.56. The van der Waals surface area contributed by atoms with Crippen molar-refractivity contribution in [3.05, 3.63) is 22.8 Å². The van der Waals surface area contributed by atoms with Gasteiger partial charge in [-0.15, -0.1) is 0 Å². The zero-order chi connectivity index (χ0) is 13.7. The normalized spacial score (nSPS) is 31.3. The number of nitrogens with one attached hydrogen (secondary N) is 1. The van der Waals surface area contributed by atoms with Crippen LogP contribution >= 0.6 is 0 Å². The third-order valence-electron chi connectivity index (χ3n) is 5.23. The maximum atomic E-state index is 11.5. The lowest BCUT2D eigenvalue weighted by Gasteiger charge is -2.24. The summed E-state index contributed by atoms with van der Waals surface area (Å²) in [6.07, 6.45) is 5.74. The summed E-state index contributed by atoms with van der Waals surface area (Å²) in [6, 6.07) is 0. The van der Waals surface area contributed by atoms with E-state index in [9.17, 15) is 9.90 Å². The Hall–Kier alpha value is -1.49. The first-order valence-electron chi connectivity index (χ1n) is 7.56. The van der Waals surface area contributed by atoms with E-state index in [4.69, 9.17) is 4.98 Å². The second-order valence-electron chi connectivity index (χ2n) is 6.37. The molecule has 3 unspecified atom stereocenters. The highest BCUT2D eigenvalue weighted by molar-refractivity contribution is 5.87. The summed E-state index contributed by atoms with van der Waals surface area (Å²) in [5, 5.41) is 12.7. The maximum absolute atomic E-state index is 11.5. The lowest BCUT2D eigenvalue weighted by Crippen LogP contribution is -2.29. The molecule has 1 aromatic heterocycles. The molecule has 2 heterocycles. The van der Waals surface area contributed by atoms with E-state index in [1.54, 1.807) is 0 Å². The van der Waals surface area contributed by atoms with Gasteiger partial charge in [0.05, 0.1) is 5.69 Å². The molecule has 2 aliphatic carbocycles. The summed E-state index contributed by atoms with van der Waals surface area (Å²) >= 11 is 0. The van der Waals surface area contributed by atoms with E-state index in [1.807, 2.05) is 0 Å². The molecule has 0 aromatic carbocycles. The molecule has 0 saturated heterocycles. The lowest BCUT2D eigenvalue weighted by atomic mass is 9.88. The van der Waals surface area contributed by atoms with Crippen molar-refractivity contribution in [2.75, 3.05) is 6.54 Å². The van der Waals surface area contributed by atoms with E-state index < -0.39 is 5.97 Å².